The third-order valence-corrected chi connectivity index (χ3v) is 3.20. The van der Waals surface area contributed by atoms with E-state index in [0.717, 1.165) is 19.3 Å². The molecule has 0 aromatic rings. The van der Waals surface area contributed by atoms with Crippen molar-refractivity contribution >= 4 is 0 Å². The van der Waals surface area contributed by atoms with Crippen molar-refractivity contribution in [3.8, 4) is 0 Å². The molecule has 1 aliphatic carbocycles. The normalized spacial score (nSPS) is 32.7. The van der Waals surface area contributed by atoms with Gasteiger partial charge in [-0.3, -0.25) is 0 Å². The zero-order chi connectivity index (χ0) is 9.84. The molecular weight excluding hydrogens is 167 g/mol. The maximum atomic E-state index is 11.7. The molecule has 0 aromatic heterocycles. The summed E-state index contributed by atoms with van der Waals surface area (Å²) in [4.78, 5) is 0. The smallest absolute Gasteiger partial charge is 0.852 e. The van der Waals surface area contributed by atoms with Crippen LogP contribution in [0.3, 0.4) is 0 Å². The van der Waals surface area contributed by atoms with Gasteiger partial charge in [0.15, 0.2) is 0 Å². The molecule has 0 spiro atoms. The molecular formula is C12H21LiO. The Labute approximate surface area is 100 Å². The van der Waals surface area contributed by atoms with Gasteiger partial charge in [-0.05, 0) is 24.7 Å². The third kappa shape index (κ3) is 3.46. The minimum atomic E-state index is -0.309. The molecule has 1 fully saturated rings. The van der Waals surface area contributed by atoms with Crippen molar-refractivity contribution in [2.75, 3.05) is 0 Å². The second-order valence-electron chi connectivity index (χ2n) is 4.22. The first kappa shape index (κ1) is 14.3. The zero-order valence-electron chi connectivity index (χ0n) is 9.99. The molecule has 0 radical (unpaired) electrons. The van der Waals surface area contributed by atoms with E-state index in [1.165, 1.54) is 0 Å². The van der Waals surface area contributed by atoms with Gasteiger partial charge in [0.2, 0.25) is 0 Å². The van der Waals surface area contributed by atoms with Crippen molar-refractivity contribution < 1.29 is 24.0 Å². The molecule has 1 rings (SSSR count). The summed E-state index contributed by atoms with van der Waals surface area (Å²) < 4.78 is 0. The van der Waals surface area contributed by atoms with Crippen molar-refractivity contribution in [1.82, 2.24) is 0 Å². The third-order valence-electron chi connectivity index (χ3n) is 3.20. The molecule has 0 aliphatic heterocycles. The van der Waals surface area contributed by atoms with Crippen LogP contribution < -0.4 is 24.0 Å². The SMILES string of the molecule is C/C=C\[C@H]1[C@H](C)[C@H]1[C@@H]([O-])CCCC.[Li+]. The Hall–Kier alpha value is 0.297. The van der Waals surface area contributed by atoms with E-state index in [0.29, 0.717) is 17.8 Å². The van der Waals surface area contributed by atoms with E-state index in [2.05, 4.69) is 26.0 Å². The average Bonchev–Trinajstić information content (AvgIpc) is 2.74. The Morgan fingerprint density at radius 2 is 2.07 bits per heavy atom. The molecule has 0 amide bonds. The zero-order valence-corrected chi connectivity index (χ0v) is 9.99. The summed E-state index contributed by atoms with van der Waals surface area (Å²) in [7, 11) is 0. The molecule has 76 valence electrons. The Balaban J connectivity index is 0.00000169. The van der Waals surface area contributed by atoms with Gasteiger partial charge >= 0.3 is 18.9 Å². The summed E-state index contributed by atoms with van der Waals surface area (Å²) in [5.74, 6) is 1.66. The summed E-state index contributed by atoms with van der Waals surface area (Å²) >= 11 is 0. The molecule has 0 saturated heterocycles. The van der Waals surface area contributed by atoms with E-state index in [-0.39, 0.29) is 25.0 Å². The molecule has 2 heteroatoms. The molecule has 1 aliphatic rings. The van der Waals surface area contributed by atoms with Crippen LogP contribution in [-0.2, 0) is 0 Å². The quantitative estimate of drug-likeness (QED) is 0.416. The second-order valence-corrected chi connectivity index (χ2v) is 4.22. The predicted octanol–water partition coefficient (Wildman–Crippen LogP) is -0.632. The maximum Gasteiger partial charge on any atom is 1.00 e. The number of hydrogen-bond acceptors (Lipinski definition) is 1. The summed E-state index contributed by atoms with van der Waals surface area (Å²) in [5.41, 5.74) is 0. The van der Waals surface area contributed by atoms with E-state index in [4.69, 9.17) is 0 Å². The Kier molecular flexibility index (Phi) is 6.86. The van der Waals surface area contributed by atoms with E-state index >= 15 is 0 Å². The summed E-state index contributed by atoms with van der Waals surface area (Å²) in [6.07, 6.45) is 7.09. The predicted molar refractivity (Wildman–Crippen MR) is 54.3 cm³/mol. The molecule has 1 nitrogen and oxygen atoms in total. The molecule has 0 N–H and O–H groups in total. The fourth-order valence-corrected chi connectivity index (χ4v) is 2.24. The summed E-state index contributed by atoms with van der Waals surface area (Å²) in [6.45, 7) is 6.38. The largest absolute Gasteiger partial charge is 1.00 e. The first-order chi connectivity index (χ1) is 6.22. The van der Waals surface area contributed by atoms with Crippen molar-refractivity contribution in [3.63, 3.8) is 0 Å². The molecule has 1 saturated carbocycles. The van der Waals surface area contributed by atoms with Crippen LogP contribution >= 0.6 is 0 Å². The first-order valence-corrected chi connectivity index (χ1v) is 5.51. The van der Waals surface area contributed by atoms with Crippen LogP contribution in [-0.4, -0.2) is 6.10 Å². The van der Waals surface area contributed by atoms with Gasteiger partial charge in [-0.2, -0.15) is 0 Å². The van der Waals surface area contributed by atoms with Gasteiger partial charge in [0.25, 0.3) is 0 Å². The van der Waals surface area contributed by atoms with Gasteiger partial charge in [0.1, 0.15) is 0 Å². The van der Waals surface area contributed by atoms with E-state index in [1.807, 2.05) is 6.92 Å². The van der Waals surface area contributed by atoms with Crippen molar-refractivity contribution in [2.45, 2.75) is 46.1 Å². The van der Waals surface area contributed by atoms with E-state index < -0.39 is 0 Å². The molecule has 0 heterocycles. The van der Waals surface area contributed by atoms with Crippen LogP contribution in [0.5, 0.6) is 0 Å². The van der Waals surface area contributed by atoms with Crippen LogP contribution in [0.15, 0.2) is 12.2 Å². The standard InChI is InChI=1S/C12H21O.Li/c1-4-6-8-11(13)12-9(3)10(12)7-5-2;/h5,7,9-12H,4,6,8H2,1-3H3;/q-1;+1/b7-5-;/t9-,10-,11-,12+;/m0./s1. The van der Waals surface area contributed by atoms with Crippen LogP contribution in [0.25, 0.3) is 0 Å². The Morgan fingerprint density at radius 3 is 2.57 bits per heavy atom. The molecule has 14 heavy (non-hydrogen) atoms. The average molecular weight is 188 g/mol. The molecule has 0 bridgehead atoms. The topological polar surface area (TPSA) is 23.1 Å². The van der Waals surface area contributed by atoms with Gasteiger partial charge in [-0.15, -0.1) is 6.10 Å². The Bertz CT molecular complexity index is 179. The van der Waals surface area contributed by atoms with Crippen LogP contribution in [0.2, 0.25) is 0 Å². The van der Waals surface area contributed by atoms with Crippen LogP contribution in [0.4, 0.5) is 0 Å². The van der Waals surface area contributed by atoms with E-state index in [9.17, 15) is 5.11 Å². The molecule has 4 atom stereocenters. The Morgan fingerprint density at radius 1 is 1.43 bits per heavy atom. The number of unbranched alkanes of at least 4 members (excludes halogenated alkanes) is 1. The molecule has 0 unspecified atom stereocenters. The van der Waals surface area contributed by atoms with E-state index in [1.54, 1.807) is 0 Å². The van der Waals surface area contributed by atoms with Gasteiger partial charge in [0, 0.05) is 0 Å². The van der Waals surface area contributed by atoms with Gasteiger partial charge < -0.3 is 5.11 Å². The minimum Gasteiger partial charge on any atom is -0.852 e. The maximum absolute atomic E-state index is 11.7. The second kappa shape index (κ2) is 6.72. The number of allylic oxidation sites excluding steroid dienone is 2. The fraction of sp³-hybridized carbons (Fsp3) is 0.833. The number of rotatable bonds is 5. The fourth-order valence-electron chi connectivity index (χ4n) is 2.24. The van der Waals surface area contributed by atoms with Crippen molar-refractivity contribution in [1.29, 1.82) is 0 Å². The summed E-state index contributed by atoms with van der Waals surface area (Å²) in [5, 5.41) is 11.7. The van der Waals surface area contributed by atoms with Crippen molar-refractivity contribution in [2.24, 2.45) is 17.8 Å². The van der Waals surface area contributed by atoms with Crippen LogP contribution in [0, 0.1) is 17.8 Å². The van der Waals surface area contributed by atoms with Gasteiger partial charge in [0.05, 0.1) is 0 Å². The van der Waals surface area contributed by atoms with Crippen molar-refractivity contribution in [3.05, 3.63) is 12.2 Å². The summed E-state index contributed by atoms with van der Waals surface area (Å²) in [6, 6.07) is 0. The molecule has 0 aromatic carbocycles. The first-order valence-electron chi connectivity index (χ1n) is 5.51. The minimum absolute atomic E-state index is 0. The van der Waals surface area contributed by atoms with Crippen LogP contribution in [0.1, 0.15) is 40.0 Å². The number of hydrogen-bond donors (Lipinski definition) is 0. The van der Waals surface area contributed by atoms with Gasteiger partial charge in [-0.25, -0.2) is 0 Å². The monoisotopic (exact) mass is 188 g/mol. The van der Waals surface area contributed by atoms with Gasteiger partial charge in [-0.1, -0.05) is 45.3 Å².